The minimum atomic E-state index is -0.363. The van der Waals surface area contributed by atoms with Gasteiger partial charge in [0.15, 0.2) is 0 Å². The predicted molar refractivity (Wildman–Crippen MR) is 76.7 cm³/mol. The molecule has 0 fully saturated rings. The van der Waals surface area contributed by atoms with Crippen molar-refractivity contribution in [3.8, 4) is 0 Å². The van der Waals surface area contributed by atoms with Crippen LogP contribution in [0, 0.1) is 0 Å². The van der Waals surface area contributed by atoms with Gasteiger partial charge in [0.05, 0.1) is 22.3 Å². The number of nitrogens with one attached hydrogen (secondary N) is 1. The maximum atomic E-state index is 12.1. The first-order chi connectivity index (χ1) is 9.72. The van der Waals surface area contributed by atoms with Crippen molar-refractivity contribution >= 4 is 34.4 Å². The van der Waals surface area contributed by atoms with Gasteiger partial charge in [0.1, 0.15) is 11.5 Å². The van der Waals surface area contributed by atoms with Gasteiger partial charge in [0.2, 0.25) is 0 Å². The van der Waals surface area contributed by atoms with Gasteiger partial charge >= 0.3 is 0 Å². The highest BCUT2D eigenvalue weighted by Gasteiger charge is 2.09. The van der Waals surface area contributed by atoms with Crippen LogP contribution in [-0.2, 0) is 0 Å². The number of carbonyl (C=O) groups is 1. The molecule has 0 saturated carbocycles. The van der Waals surface area contributed by atoms with E-state index in [1.54, 1.807) is 18.2 Å². The number of amides is 1. The molecule has 0 spiro atoms. The van der Waals surface area contributed by atoms with Crippen LogP contribution in [0.3, 0.4) is 0 Å². The standard InChI is InChI=1S/C14H9ClN4O/c15-9-5-6-13(17-7-9)19-14(20)12-8-16-10-3-1-2-4-11(10)18-12/h1-8H,(H,17,19,20). The summed E-state index contributed by atoms with van der Waals surface area (Å²) < 4.78 is 0. The molecule has 1 N–H and O–H groups in total. The number of hydrogen-bond acceptors (Lipinski definition) is 4. The summed E-state index contributed by atoms with van der Waals surface area (Å²) in [5.74, 6) is 0.0486. The minimum absolute atomic E-state index is 0.237. The molecule has 1 amide bonds. The summed E-state index contributed by atoms with van der Waals surface area (Å²) >= 11 is 5.73. The third kappa shape index (κ3) is 2.57. The van der Waals surface area contributed by atoms with Crippen LogP contribution in [0.4, 0.5) is 5.82 Å². The Morgan fingerprint density at radius 1 is 1.00 bits per heavy atom. The zero-order valence-electron chi connectivity index (χ0n) is 10.2. The summed E-state index contributed by atoms with van der Waals surface area (Å²) in [4.78, 5) is 24.5. The van der Waals surface area contributed by atoms with Crippen molar-refractivity contribution in [2.75, 3.05) is 5.32 Å². The average molecular weight is 285 g/mol. The molecule has 3 rings (SSSR count). The lowest BCUT2D eigenvalue weighted by molar-refractivity contribution is 0.102. The van der Waals surface area contributed by atoms with E-state index in [1.807, 2.05) is 18.2 Å². The van der Waals surface area contributed by atoms with Gasteiger partial charge in [0, 0.05) is 6.20 Å². The zero-order chi connectivity index (χ0) is 13.9. The lowest BCUT2D eigenvalue weighted by Crippen LogP contribution is -2.14. The molecule has 0 aliphatic carbocycles. The first-order valence-electron chi connectivity index (χ1n) is 5.87. The molecule has 2 aromatic heterocycles. The Morgan fingerprint density at radius 3 is 2.55 bits per heavy atom. The molecule has 3 aromatic rings. The van der Waals surface area contributed by atoms with Crippen LogP contribution in [0.25, 0.3) is 11.0 Å². The van der Waals surface area contributed by atoms with E-state index >= 15 is 0 Å². The molecule has 2 heterocycles. The number of carbonyl (C=O) groups excluding carboxylic acids is 1. The Hall–Kier alpha value is -2.53. The topological polar surface area (TPSA) is 67.8 Å². The number of para-hydroxylation sites is 2. The van der Waals surface area contributed by atoms with E-state index < -0.39 is 0 Å². The normalized spacial score (nSPS) is 10.4. The van der Waals surface area contributed by atoms with Crippen molar-refractivity contribution in [2.45, 2.75) is 0 Å². The first kappa shape index (κ1) is 12.5. The number of fused-ring (bicyclic) bond motifs is 1. The van der Waals surface area contributed by atoms with E-state index in [9.17, 15) is 4.79 Å². The van der Waals surface area contributed by atoms with Crippen molar-refractivity contribution in [3.63, 3.8) is 0 Å². The van der Waals surface area contributed by atoms with Crippen LogP contribution in [0.5, 0.6) is 0 Å². The van der Waals surface area contributed by atoms with Crippen LogP contribution in [0.2, 0.25) is 5.02 Å². The number of benzene rings is 1. The van der Waals surface area contributed by atoms with E-state index in [1.165, 1.54) is 12.4 Å². The van der Waals surface area contributed by atoms with Crippen LogP contribution in [-0.4, -0.2) is 20.9 Å². The molecule has 0 atom stereocenters. The van der Waals surface area contributed by atoms with Gasteiger partial charge in [-0.05, 0) is 24.3 Å². The van der Waals surface area contributed by atoms with Crippen LogP contribution in [0.1, 0.15) is 10.5 Å². The molecule has 0 aliphatic heterocycles. The van der Waals surface area contributed by atoms with Crippen LogP contribution < -0.4 is 5.32 Å². The van der Waals surface area contributed by atoms with Crippen molar-refractivity contribution in [2.24, 2.45) is 0 Å². The Morgan fingerprint density at radius 2 is 1.80 bits per heavy atom. The summed E-state index contributed by atoms with van der Waals surface area (Å²) in [6.07, 6.45) is 2.90. The van der Waals surface area contributed by atoms with E-state index in [2.05, 4.69) is 20.3 Å². The number of halogens is 1. The largest absolute Gasteiger partial charge is 0.305 e. The highest BCUT2D eigenvalue weighted by molar-refractivity contribution is 6.30. The van der Waals surface area contributed by atoms with E-state index in [-0.39, 0.29) is 11.6 Å². The number of pyridine rings is 1. The summed E-state index contributed by atoms with van der Waals surface area (Å²) in [5.41, 5.74) is 1.65. The third-order valence-electron chi connectivity index (χ3n) is 2.65. The maximum Gasteiger partial charge on any atom is 0.277 e. The Balaban J connectivity index is 1.86. The summed E-state index contributed by atoms with van der Waals surface area (Å²) in [5, 5.41) is 3.15. The van der Waals surface area contributed by atoms with Gasteiger partial charge in [-0.3, -0.25) is 9.78 Å². The predicted octanol–water partition coefficient (Wildman–Crippen LogP) is 2.93. The highest BCUT2D eigenvalue weighted by atomic mass is 35.5. The summed E-state index contributed by atoms with van der Waals surface area (Å²) in [7, 11) is 0. The lowest BCUT2D eigenvalue weighted by atomic mass is 10.3. The maximum absolute atomic E-state index is 12.1. The summed E-state index contributed by atoms with van der Waals surface area (Å²) in [6, 6.07) is 10.6. The van der Waals surface area contributed by atoms with Crippen molar-refractivity contribution in [1.82, 2.24) is 15.0 Å². The molecule has 5 nitrogen and oxygen atoms in total. The number of hydrogen-bond donors (Lipinski definition) is 1. The molecule has 0 radical (unpaired) electrons. The molecule has 98 valence electrons. The van der Waals surface area contributed by atoms with E-state index in [4.69, 9.17) is 11.6 Å². The zero-order valence-corrected chi connectivity index (χ0v) is 11.0. The number of anilines is 1. The highest BCUT2D eigenvalue weighted by Crippen LogP contribution is 2.12. The molecule has 0 bridgehead atoms. The number of aromatic nitrogens is 3. The second-order valence-electron chi connectivity index (χ2n) is 4.06. The fraction of sp³-hybridized carbons (Fsp3) is 0. The fourth-order valence-electron chi connectivity index (χ4n) is 1.70. The molecule has 0 aliphatic rings. The van der Waals surface area contributed by atoms with Gasteiger partial charge in [-0.15, -0.1) is 0 Å². The Labute approximate surface area is 119 Å². The molecule has 20 heavy (non-hydrogen) atoms. The fourth-order valence-corrected chi connectivity index (χ4v) is 1.81. The molecule has 6 heteroatoms. The number of rotatable bonds is 2. The van der Waals surface area contributed by atoms with Gasteiger partial charge in [-0.2, -0.15) is 0 Å². The monoisotopic (exact) mass is 284 g/mol. The minimum Gasteiger partial charge on any atom is -0.305 e. The Kier molecular flexibility index (Phi) is 3.26. The average Bonchev–Trinajstić information content (AvgIpc) is 2.49. The smallest absolute Gasteiger partial charge is 0.277 e. The van der Waals surface area contributed by atoms with Crippen molar-refractivity contribution in [1.29, 1.82) is 0 Å². The molecule has 0 saturated heterocycles. The molecular weight excluding hydrogens is 276 g/mol. The lowest BCUT2D eigenvalue weighted by Gasteiger charge is -2.04. The summed E-state index contributed by atoms with van der Waals surface area (Å²) in [6.45, 7) is 0. The van der Waals surface area contributed by atoms with Gasteiger partial charge in [-0.1, -0.05) is 23.7 Å². The van der Waals surface area contributed by atoms with Crippen molar-refractivity contribution in [3.05, 3.63) is 59.5 Å². The SMILES string of the molecule is O=C(Nc1ccc(Cl)cn1)c1cnc2ccccc2n1. The Bertz CT molecular complexity index is 773. The van der Waals surface area contributed by atoms with Crippen LogP contribution >= 0.6 is 11.6 Å². The second-order valence-corrected chi connectivity index (χ2v) is 4.50. The van der Waals surface area contributed by atoms with E-state index in [0.29, 0.717) is 16.4 Å². The van der Waals surface area contributed by atoms with E-state index in [0.717, 1.165) is 5.52 Å². The number of nitrogens with zero attached hydrogens (tertiary/aromatic N) is 3. The first-order valence-corrected chi connectivity index (χ1v) is 6.25. The molecular formula is C14H9ClN4O. The van der Waals surface area contributed by atoms with Gasteiger partial charge in [-0.25, -0.2) is 9.97 Å². The van der Waals surface area contributed by atoms with Gasteiger partial charge in [0.25, 0.3) is 5.91 Å². The molecule has 1 aromatic carbocycles. The van der Waals surface area contributed by atoms with Crippen molar-refractivity contribution < 1.29 is 4.79 Å². The van der Waals surface area contributed by atoms with Gasteiger partial charge < -0.3 is 5.32 Å². The molecule has 0 unspecified atom stereocenters. The van der Waals surface area contributed by atoms with Crippen LogP contribution in [0.15, 0.2) is 48.8 Å². The third-order valence-corrected chi connectivity index (χ3v) is 2.87. The quantitative estimate of drug-likeness (QED) is 0.785. The second kappa shape index (κ2) is 5.22.